The molecular formula is C56H37N3S. The molecule has 2 aromatic heterocycles. The van der Waals surface area contributed by atoms with Gasteiger partial charge in [-0.2, -0.15) is 0 Å². The Morgan fingerprint density at radius 3 is 1.55 bits per heavy atom. The Hall–Kier alpha value is -7.53. The third kappa shape index (κ3) is 6.17. The topological polar surface area (TPSA) is 38.7 Å². The fraction of sp³-hybridized carbons (Fsp3) is 0.0179. The van der Waals surface area contributed by atoms with Gasteiger partial charge >= 0.3 is 0 Å². The van der Waals surface area contributed by atoms with Crippen molar-refractivity contribution in [3.63, 3.8) is 0 Å². The smallest absolute Gasteiger partial charge is 0.164 e. The Morgan fingerprint density at radius 1 is 0.383 bits per heavy atom. The van der Waals surface area contributed by atoms with E-state index in [0.29, 0.717) is 17.5 Å². The van der Waals surface area contributed by atoms with E-state index in [2.05, 4.69) is 171 Å². The summed E-state index contributed by atoms with van der Waals surface area (Å²) in [4.78, 5) is 15.1. The summed E-state index contributed by atoms with van der Waals surface area (Å²) in [6, 6.07) is 66.9. The van der Waals surface area contributed by atoms with Gasteiger partial charge in [-0.3, -0.25) is 0 Å². The summed E-state index contributed by atoms with van der Waals surface area (Å²) in [5.74, 6) is 1.93. The first-order valence-electron chi connectivity index (χ1n) is 20.2. The molecule has 11 rings (SSSR count). The van der Waals surface area contributed by atoms with Crippen LogP contribution in [0.4, 0.5) is 0 Å². The molecule has 4 heteroatoms. The van der Waals surface area contributed by atoms with Crippen LogP contribution in [0.3, 0.4) is 0 Å². The molecule has 282 valence electrons. The molecular weight excluding hydrogens is 747 g/mol. The number of allylic oxidation sites excluding steroid dienone is 3. The van der Waals surface area contributed by atoms with Gasteiger partial charge in [-0.15, -0.1) is 11.3 Å². The molecule has 3 nitrogen and oxygen atoms in total. The van der Waals surface area contributed by atoms with E-state index in [4.69, 9.17) is 15.0 Å². The van der Waals surface area contributed by atoms with Crippen molar-refractivity contribution in [3.8, 4) is 45.3 Å². The third-order valence-corrected chi connectivity index (χ3v) is 12.9. The second-order valence-corrected chi connectivity index (χ2v) is 16.3. The number of hydrogen-bond acceptors (Lipinski definition) is 4. The van der Waals surface area contributed by atoms with Gasteiger partial charge in [-0.25, -0.2) is 15.0 Å². The zero-order valence-electron chi connectivity index (χ0n) is 32.9. The molecule has 9 aromatic carbocycles. The number of nitrogens with zero attached hydrogens (tertiary/aromatic N) is 3. The van der Waals surface area contributed by atoms with Crippen molar-refractivity contribution in [2.75, 3.05) is 0 Å². The largest absolute Gasteiger partial charge is 0.208 e. The molecule has 0 saturated carbocycles. The summed E-state index contributed by atoms with van der Waals surface area (Å²) in [5.41, 5.74) is 9.66. The molecule has 0 saturated heterocycles. The SMILES string of the molecule is C=C/C(=C(\C)c1cccc(-c2ccc3c4ccccc4c4ccccc4c3c2)c1)c1ccc(-c2nc(-c3ccccc3)nc(-c3ccc4c(c3)sc3ccccc34)n2)cc1. The summed E-state index contributed by atoms with van der Waals surface area (Å²) in [7, 11) is 0. The lowest BCUT2D eigenvalue weighted by molar-refractivity contribution is 1.07. The molecule has 0 radical (unpaired) electrons. The molecule has 0 aliphatic heterocycles. The average Bonchev–Trinajstić information content (AvgIpc) is 3.70. The van der Waals surface area contributed by atoms with Gasteiger partial charge < -0.3 is 0 Å². The van der Waals surface area contributed by atoms with Crippen LogP contribution in [0.15, 0.2) is 201 Å². The van der Waals surface area contributed by atoms with Crippen LogP contribution in [0, 0.1) is 0 Å². The first-order valence-corrected chi connectivity index (χ1v) is 21.0. The highest BCUT2D eigenvalue weighted by Gasteiger charge is 2.16. The predicted molar refractivity (Wildman–Crippen MR) is 256 cm³/mol. The van der Waals surface area contributed by atoms with Gasteiger partial charge in [0.25, 0.3) is 0 Å². The Balaban J connectivity index is 0.952. The molecule has 0 atom stereocenters. The molecule has 2 heterocycles. The fourth-order valence-electron chi connectivity index (χ4n) is 8.68. The second kappa shape index (κ2) is 14.7. The van der Waals surface area contributed by atoms with E-state index in [-0.39, 0.29) is 0 Å². The summed E-state index contributed by atoms with van der Waals surface area (Å²) >= 11 is 1.80. The maximum atomic E-state index is 5.08. The van der Waals surface area contributed by atoms with Crippen molar-refractivity contribution in [1.82, 2.24) is 15.0 Å². The van der Waals surface area contributed by atoms with E-state index in [1.54, 1.807) is 11.3 Å². The van der Waals surface area contributed by atoms with Gasteiger partial charge in [0.15, 0.2) is 17.5 Å². The summed E-state index contributed by atoms with van der Waals surface area (Å²) in [6.45, 7) is 6.45. The zero-order chi connectivity index (χ0) is 40.2. The molecule has 0 spiro atoms. The van der Waals surface area contributed by atoms with Gasteiger partial charge in [0.1, 0.15) is 0 Å². The van der Waals surface area contributed by atoms with Crippen molar-refractivity contribution >= 4 is 75.0 Å². The number of fused-ring (bicyclic) bond motifs is 9. The Morgan fingerprint density at radius 2 is 0.867 bits per heavy atom. The Labute approximate surface area is 352 Å². The molecule has 0 aliphatic carbocycles. The van der Waals surface area contributed by atoms with E-state index in [9.17, 15) is 0 Å². The standard InChI is InChI=1S/C56H37N3S/c1-3-43(35(2)39-16-13-17-40(32-39)41-28-30-48-46-20-8-7-18-44(46)45-19-9-10-21-47(45)51(48)33-41)36-24-26-38(27-25-36)55-57-54(37-14-5-4-6-15-37)58-56(59-55)42-29-31-50-49-22-11-12-23-52(49)60-53(50)34-42/h3-34H,1H2,2H3/b43-35-. The zero-order valence-corrected chi connectivity index (χ0v) is 33.7. The molecule has 0 unspecified atom stereocenters. The first-order chi connectivity index (χ1) is 29.6. The Kier molecular flexibility index (Phi) is 8.72. The first kappa shape index (κ1) is 35.6. The lowest BCUT2D eigenvalue weighted by Gasteiger charge is -2.14. The number of thiophene rings is 1. The van der Waals surface area contributed by atoms with Crippen LogP contribution in [0.2, 0.25) is 0 Å². The van der Waals surface area contributed by atoms with Gasteiger partial charge in [0, 0.05) is 36.9 Å². The van der Waals surface area contributed by atoms with Crippen molar-refractivity contribution in [1.29, 1.82) is 0 Å². The minimum atomic E-state index is 0.631. The van der Waals surface area contributed by atoms with Crippen LogP contribution < -0.4 is 0 Å². The lowest BCUT2D eigenvalue weighted by atomic mass is 9.90. The van der Waals surface area contributed by atoms with Gasteiger partial charge in [-0.1, -0.05) is 176 Å². The average molecular weight is 784 g/mol. The molecule has 60 heavy (non-hydrogen) atoms. The van der Waals surface area contributed by atoms with E-state index < -0.39 is 0 Å². The van der Waals surface area contributed by atoms with Crippen LogP contribution in [0.25, 0.3) is 109 Å². The van der Waals surface area contributed by atoms with E-state index in [0.717, 1.165) is 39.0 Å². The van der Waals surface area contributed by atoms with Gasteiger partial charge in [0.2, 0.25) is 0 Å². The van der Waals surface area contributed by atoms with Crippen LogP contribution in [-0.2, 0) is 0 Å². The second-order valence-electron chi connectivity index (χ2n) is 15.2. The van der Waals surface area contributed by atoms with Crippen molar-refractivity contribution in [2.24, 2.45) is 0 Å². The van der Waals surface area contributed by atoms with E-state index >= 15 is 0 Å². The quantitative estimate of drug-likeness (QED) is 0.0918. The highest BCUT2D eigenvalue weighted by Crippen LogP contribution is 2.39. The minimum Gasteiger partial charge on any atom is -0.208 e. The van der Waals surface area contributed by atoms with Crippen molar-refractivity contribution in [2.45, 2.75) is 6.92 Å². The molecule has 0 amide bonds. The van der Waals surface area contributed by atoms with Crippen LogP contribution >= 0.6 is 11.3 Å². The molecule has 0 fully saturated rings. The third-order valence-electron chi connectivity index (χ3n) is 11.7. The van der Waals surface area contributed by atoms with E-state index in [1.165, 1.54) is 63.6 Å². The summed E-state index contributed by atoms with van der Waals surface area (Å²) in [6.07, 6.45) is 1.96. The van der Waals surface area contributed by atoms with Crippen LogP contribution in [0.1, 0.15) is 18.1 Å². The van der Waals surface area contributed by atoms with Gasteiger partial charge in [-0.05, 0) is 96.9 Å². The maximum Gasteiger partial charge on any atom is 0.164 e. The molecule has 0 aliphatic rings. The molecule has 11 aromatic rings. The maximum absolute atomic E-state index is 5.08. The van der Waals surface area contributed by atoms with Crippen LogP contribution in [-0.4, -0.2) is 15.0 Å². The summed E-state index contributed by atoms with van der Waals surface area (Å²) in [5, 5.41) is 10.2. The van der Waals surface area contributed by atoms with Crippen molar-refractivity contribution < 1.29 is 0 Å². The number of benzene rings is 9. The highest BCUT2D eigenvalue weighted by molar-refractivity contribution is 7.25. The van der Waals surface area contributed by atoms with Crippen molar-refractivity contribution in [3.05, 3.63) is 212 Å². The fourth-order valence-corrected chi connectivity index (χ4v) is 9.82. The molecule has 0 bridgehead atoms. The van der Waals surface area contributed by atoms with E-state index in [1.807, 2.05) is 36.4 Å². The number of aromatic nitrogens is 3. The monoisotopic (exact) mass is 783 g/mol. The predicted octanol–water partition coefficient (Wildman–Crippen LogP) is 15.5. The Bertz CT molecular complexity index is 3470. The van der Waals surface area contributed by atoms with Crippen LogP contribution in [0.5, 0.6) is 0 Å². The number of rotatable bonds is 7. The lowest BCUT2D eigenvalue weighted by Crippen LogP contribution is -2.00. The minimum absolute atomic E-state index is 0.631. The highest BCUT2D eigenvalue weighted by atomic mass is 32.1. The number of hydrogen-bond donors (Lipinski definition) is 0. The van der Waals surface area contributed by atoms with Gasteiger partial charge in [0.05, 0.1) is 0 Å². The summed E-state index contributed by atoms with van der Waals surface area (Å²) < 4.78 is 2.49. The normalized spacial score (nSPS) is 12.1. The molecule has 0 N–H and O–H groups in total.